The molecular formula is C23H25N5O4. The molecule has 0 saturated carbocycles. The number of aryl methyl sites for hydroxylation is 1. The summed E-state index contributed by atoms with van der Waals surface area (Å²) in [4.78, 5) is 34.6. The van der Waals surface area contributed by atoms with Crippen molar-refractivity contribution in [1.29, 1.82) is 0 Å². The molecule has 2 fully saturated rings. The molecule has 1 unspecified atom stereocenters. The number of morpholine rings is 2. The third-order valence-electron chi connectivity index (χ3n) is 5.90. The van der Waals surface area contributed by atoms with Gasteiger partial charge in [-0.25, -0.2) is 4.98 Å². The van der Waals surface area contributed by atoms with E-state index >= 15 is 0 Å². The Balaban J connectivity index is 1.45. The fraction of sp³-hybridized carbons (Fsp3) is 0.391. The third-order valence-corrected chi connectivity index (χ3v) is 5.90. The zero-order chi connectivity index (χ0) is 22.1. The van der Waals surface area contributed by atoms with Gasteiger partial charge in [0.15, 0.2) is 0 Å². The predicted molar refractivity (Wildman–Crippen MR) is 116 cm³/mol. The summed E-state index contributed by atoms with van der Waals surface area (Å²) in [6, 6.07) is 9.45. The summed E-state index contributed by atoms with van der Waals surface area (Å²) in [5.41, 5.74) is 2.54. The van der Waals surface area contributed by atoms with Gasteiger partial charge in [-0.3, -0.25) is 14.3 Å². The van der Waals surface area contributed by atoms with Crippen molar-refractivity contribution in [1.82, 2.24) is 24.6 Å². The summed E-state index contributed by atoms with van der Waals surface area (Å²) in [7, 11) is 1.78. The van der Waals surface area contributed by atoms with Crippen LogP contribution in [-0.2, 0) is 16.5 Å². The van der Waals surface area contributed by atoms with Crippen molar-refractivity contribution in [3.05, 3.63) is 59.5 Å². The lowest BCUT2D eigenvalue weighted by Gasteiger charge is -2.33. The Morgan fingerprint density at radius 3 is 2.59 bits per heavy atom. The molecule has 1 atom stereocenters. The van der Waals surface area contributed by atoms with Crippen LogP contribution in [0.2, 0.25) is 0 Å². The Labute approximate surface area is 185 Å². The van der Waals surface area contributed by atoms with Crippen LogP contribution >= 0.6 is 0 Å². The molecule has 0 spiro atoms. The van der Waals surface area contributed by atoms with Crippen molar-refractivity contribution < 1.29 is 19.1 Å². The van der Waals surface area contributed by atoms with E-state index in [1.54, 1.807) is 29.0 Å². The molecule has 2 amide bonds. The Bertz CT molecular complexity index is 1150. The number of aromatic nitrogens is 3. The molecule has 0 N–H and O–H groups in total. The van der Waals surface area contributed by atoms with Gasteiger partial charge >= 0.3 is 0 Å². The zero-order valence-corrected chi connectivity index (χ0v) is 17.9. The Morgan fingerprint density at radius 2 is 1.81 bits per heavy atom. The highest BCUT2D eigenvalue weighted by Crippen LogP contribution is 2.27. The number of carbonyl (C=O) groups is 2. The van der Waals surface area contributed by atoms with E-state index in [9.17, 15) is 9.59 Å². The number of fused-ring (bicyclic) bond motifs is 1. The molecule has 0 aliphatic carbocycles. The molecule has 2 aliphatic rings. The van der Waals surface area contributed by atoms with Crippen LogP contribution in [0.4, 0.5) is 0 Å². The van der Waals surface area contributed by atoms with Crippen molar-refractivity contribution in [2.45, 2.75) is 6.10 Å². The summed E-state index contributed by atoms with van der Waals surface area (Å²) in [5, 5.41) is 4.91. The second-order valence-corrected chi connectivity index (χ2v) is 8.03. The molecule has 9 nitrogen and oxygen atoms in total. The molecule has 3 aromatic rings. The van der Waals surface area contributed by atoms with E-state index in [1.165, 1.54) is 0 Å². The highest BCUT2D eigenvalue weighted by atomic mass is 16.5. The summed E-state index contributed by atoms with van der Waals surface area (Å²) in [6.07, 6.45) is 2.87. The quantitative estimate of drug-likeness (QED) is 0.622. The lowest BCUT2D eigenvalue weighted by Crippen LogP contribution is -2.42. The minimum atomic E-state index is -0.412. The van der Waals surface area contributed by atoms with Crippen LogP contribution in [0.1, 0.15) is 32.5 Å². The summed E-state index contributed by atoms with van der Waals surface area (Å²) in [5.74, 6) is -0.121. The second-order valence-electron chi connectivity index (χ2n) is 8.03. The average molecular weight is 435 g/mol. The fourth-order valence-corrected chi connectivity index (χ4v) is 4.20. The SMILES string of the molecule is Cn1cc(C(=O)N2CCOC(c3cc(C(=O)N4CCOCC4)c4ccccc4n3)C2)cn1. The number of pyridine rings is 1. The van der Waals surface area contributed by atoms with Gasteiger partial charge in [-0.2, -0.15) is 5.10 Å². The van der Waals surface area contributed by atoms with E-state index in [4.69, 9.17) is 14.5 Å². The number of hydrogen-bond donors (Lipinski definition) is 0. The molecule has 32 heavy (non-hydrogen) atoms. The number of amides is 2. The van der Waals surface area contributed by atoms with E-state index in [1.807, 2.05) is 35.2 Å². The maximum atomic E-state index is 13.3. The zero-order valence-electron chi connectivity index (χ0n) is 17.9. The van der Waals surface area contributed by atoms with Crippen molar-refractivity contribution in [3.63, 3.8) is 0 Å². The third kappa shape index (κ3) is 3.96. The Morgan fingerprint density at radius 1 is 1.03 bits per heavy atom. The molecule has 0 radical (unpaired) electrons. The number of rotatable bonds is 3. The largest absolute Gasteiger partial charge is 0.378 e. The normalized spacial score (nSPS) is 19.3. The van der Waals surface area contributed by atoms with Crippen LogP contribution in [0, 0.1) is 0 Å². The fourth-order valence-electron chi connectivity index (χ4n) is 4.20. The van der Waals surface area contributed by atoms with Gasteiger partial charge < -0.3 is 19.3 Å². The van der Waals surface area contributed by atoms with E-state index < -0.39 is 6.10 Å². The van der Waals surface area contributed by atoms with Crippen LogP contribution in [0.5, 0.6) is 0 Å². The van der Waals surface area contributed by atoms with Gasteiger partial charge in [0.05, 0.1) is 54.9 Å². The predicted octanol–water partition coefficient (Wildman–Crippen LogP) is 1.65. The van der Waals surface area contributed by atoms with Crippen LogP contribution in [0.25, 0.3) is 10.9 Å². The monoisotopic (exact) mass is 435 g/mol. The summed E-state index contributed by atoms with van der Waals surface area (Å²) < 4.78 is 13.0. The first-order valence-electron chi connectivity index (χ1n) is 10.8. The number of carbonyl (C=O) groups excluding carboxylic acids is 2. The molecular weight excluding hydrogens is 410 g/mol. The van der Waals surface area contributed by atoms with Gasteiger partial charge in [0.2, 0.25) is 0 Å². The van der Waals surface area contributed by atoms with E-state index in [-0.39, 0.29) is 11.8 Å². The van der Waals surface area contributed by atoms with Crippen molar-refractivity contribution in [2.24, 2.45) is 7.05 Å². The molecule has 0 bridgehead atoms. The molecule has 2 aliphatic heterocycles. The molecule has 2 saturated heterocycles. The Hall–Kier alpha value is -3.30. The molecule has 5 rings (SSSR count). The summed E-state index contributed by atoms with van der Waals surface area (Å²) >= 11 is 0. The van der Waals surface area contributed by atoms with E-state index in [0.717, 1.165) is 10.9 Å². The standard InChI is InChI=1S/C23H25N5O4/c1-26-14-16(13-24-26)22(29)28-8-11-32-21(15-28)20-12-18(17-4-2-3-5-19(17)25-20)23(30)27-6-9-31-10-7-27/h2-5,12-14,21H,6-11,15H2,1H3. The molecule has 9 heteroatoms. The summed E-state index contributed by atoms with van der Waals surface area (Å²) in [6.45, 7) is 3.48. The lowest BCUT2D eigenvalue weighted by molar-refractivity contribution is -0.0246. The van der Waals surface area contributed by atoms with E-state index in [0.29, 0.717) is 62.8 Å². The van der Waals surface area contributed by atoms with Crippen molar-refractivity contribution >= 4 is 22.7 Å². The number of ether oxygens (including phenoxy) is 2. The number of para-hydroxylation sites is 1. The first-order chi connectivity index (χ1) is 15.6. The minimum Gasteiger partial charge on any atom is -0.378 e. The first kappa shape index (κ1) is 20.6. The average Bonchev–Trinajstić information content (AvgIpc) is 3.29. The number of benzene rings is 1. The number of nitrogens with zero attached hydrogens (tertiary/aromatic N) is 5. The van der Waals surface area contributed by atoms with E-state index in [2.05, 4.69) is 5.10 Å². The molecule has 1 aromatic carbocycles. The van der Waals surface area contributed by atoms with Gasteiger partial charge in [-0.1, -0.05) is 18.2 Å². The minimum absolute atomic E-state index is 0.0350. The second kappa shape index (κ2) is 8.68. The topological polar surface area (TPSA) is 89.8 Å². The van der Waals surface area contributed by atoms with Crippen LogP contribution in [0.3, 0.4) is 0 Å². The van der Waals surface area contributed by atoms with Crippen molar-refractivity contribution in [2.75, 3.05) is 46.0 Å². The van der Waals surface area contributed by atoms with Crippen LogP contribution in [-0.4, -0.2) is 82.4 Å². The maximum Gasteiger partial charge on any atom is 0.257 e. The highest BCUT2D eigenvalue weighted by molar-refractivity contribution is 6.06. The molecule has 4 heterocycles. The Kier molecular flexibility index (Phi) is 5.59. The first-order valence-corrected chi connectivity index (χ1v) is 10.8. The van der Waals surface area contributed by atoms with Crippen molar-refractivity contribution in [3.8, 4) is 0 Å². The van der Waals surface area contributed by atoms with Gasteiger partial charge in [-0.05, 0) is 12.1 Å². The molecule has 166 valence electrons. The smallest absolute Gasteiger partial charge is 0.257 e. The van der Waals surface area contributed by atoms with Gasteiger partial charge in [0.25, 0.3) is 11.8 Å². The maximum absolute atomic E-state index is 13.3. The van der Waals surface area contributed by atoms with Crippen LogP contribution in [0.15, 0.2) is 42.7 Å². The lowest BCUT2D eigenvalue weighted by atomic mass is 10.0. The van der Waals surface area contributed by atoms with Gasteiger partial charge in [0, 0.05) is 38.3 Å². The van der Waals surface area contributed by atoms with Gasteiger partial charge in [-0.15, -0.1) is 0 Å². The van der Waals surface area contributed by atoms with Gasteiger partial charge in [0.1, 0.15) is 6.10 Å². The number of hydrogen-bond acceptors (Lipinski definition) is 6. The highest BCUT2D eigenvalue weighted by Gasteiger charge is 2.29. The molecule has 2 aromatic heterocycles. The van der Waals surface area contributed by atoms with Crippen LogP contribution < -0.4 is 0 Å².